The molecule has 0 radical (unpaired) electrons. The van der Waals surface area contributed by atoms with Crippen LogP contribution in [0.15, 0.2) is 28.7 Å². The number of amides is 1. The van der Waals surface area contributed by atoms with Gasteiger partial charge in [-0.1, -0.05) is 28.1 Å². The molecule has 15 heavy (non-hydrogen) atoms. The lowest BCUT2D eigenvalue weighted by Gasteiger charge is -2.02. The molecule has 1 fully saturated rings. The Morgan fingerprint density at radius 2 is 2.40 bits per heavy atom. The maximum Gasteiger partial charge on any atom is 0.247 e. The number of nitrogens with one attached hydrogen (secondary N) is 1. The number of hydrogen-bond acceptors (Lipinski definition) is 2. The molecule has 1 saturated carbocycles. The SMILES string of the molecule is CONC(=O)C1CC1c1cccc(Br)c1. The summed E-state index contributed by atoms with van der Waals surface area (Å²) in [5.74, 6) is 0.388. The molecule has 1 amide bonds. The largest absolute Gasteiger partial charge is 0.277 e. The molecule has 2 atom stereocenters. The number of hydrogen-bond donors (Lipinski definition) is 1. The molecule has 0 bridgehead atoms. The lowest BCUT2D eigenvalue weighted by molar-refractivity contribution is -0.132. The van der Waals surface area contributed by atoms with Crippen LogP contribution in [0.25, 0.3) is 0 Å². The Balaban J connectivity index is 2.01. The Labute approximate surface area is 96.9 Å². The number of rotatable bonds is 3. The highest BCUT2D eigenvalue weighted by atomic mass is 79.9. The molecule has 1 aliphatic rings. The number of carbonyl (C=O) groups is 1. The van der Waals surface area contributed by atoms with Gasteiger partial charge in [-0.05, 0) is 30.0 Å². The molecule has 1 aliphatic carbocycles. The van der Waals surface area contributed by atoms with E-state index < -0.39 is 0 Å². The van der Waals surface area contributed by atoms with Crippen molar-refractivity contribution < 1.29 is 9.63 Å². The van der Waals surface area contributed by atoms with Crippen LogP contribution in [-0.4, -0.2) is 13.0 Å². The zero-order valence-electron chi connectivity index (χ0n) is 8.37. The molecular weight excluding hydrogens is 258 g/mol. The predicted molar refractivity (Wildman–Crippen MR) is 60.1 cm³/mol. The van der Waals surface area contributed by atoms with Gasteiger partial charge in [0.2, 0.25) is 5.91 Å². The first kappa shape index (κ1) is 10.6. The van der Waals surface area contributed by atoms with Gasteiger partial charge < -0.3 is 0 Å². The van der Waals surface area contributed by atoms with Crippen molar-refractivity contribution in [3.8, 4) is 0 Å². The summed E-state index contributed by atoms with van der Waals surface area (Å²) >= 11 is 3.42. The van der Waals surface area contributed by atoms with E-state index in [1.807, 2.05) is 12.1 Å². The van der Waals surface area contributed by atoms with Crippen LogP contribution in [0, 0.1) is 5.92 Å². The van der Waals surface area contributed by atoms with Crippen LogP contribution in [0.3, 0.4) is 0 Å². The van der Waals surface area contributed by atoms with Gasteiger partial charge in [-0.15, -0.1) is 0 Å². The van der Waals surface area contributed by atoms with E-state index in [0.717, 1.165) is 10.9 Å². The first-order chi connectivity index (χ1) is 7.22. The molecule has 3 nitrogen and oxygen atoms in total. The van der Waals surface area contributed by atoms with Crippen LogP contribution in [0.4, 0.5) is 0 Å². The minimum Gasteiger partial charge on any atom is -0.277 e. The lowest BCUT2D eigenvalue weighted by atomic mass is 10.1. The topological polar surface area (TPSA) is 38.3 Å². The van der Waals surface area contributed by atoms with Gasteiger partial charge in [0, 0.05) is 10.4 Å². The van der Waals surface area contributed by atoms with Gasteiger partial charge in [0.25, 0.3) is 0 Å². The van der Waals surface area contributed by atoms with E-state index in [4.69, 9.17) is 0 Å². The normalized spacial score (nSPS) is 23.6. The van der Waals surface area contributed by atoms with Crippen molar-refractivity contribution in [1.29, 1.82) is 0 Å². The molecule has 1 aromatic carbocycles. The fraction of sp³-hybridized carbons (Fsp3) is 0.364. The van der Waals surface area contributed by atoms with E-state index in [9.17, 15) is 4.79 Å². The van der Waals surface area contributed by atoms with Crippen molar-refractivity contribution in [2.24, 2.45) is 5.92 Å². The standard InChI is InChI=1S/C11H12BrNO2/c1-15-13-11(14)10-6-9(10)7-3-2-4-8(12)5-7/h2-5,9-10H,6H2,1H3,(H,13,14). The average Bonchev–Trinajstić information content (AvgIpc) is 2.97. The van der Waals surface area contributed by atoms with Gasteiger partial charge in [0.05, 0.1) is 7.11 Å². The molecule has 0 spiro atoms. The van der Waals surface area contributed by atoms with Crippen LogP contribution in [0.2, 0.25) is 0 Å². The maximum absolute atomic E-state index is 11.4. The summed E-state index contributed by atoms with van der Waals surface area (Å²) in [6.07, 6.45) is 0.908. The van der Waals surface area contributed by atoms with Gasteiger partial charge in [-0.2, -0.15) is 0 Å². The third-order valence-corrected chi connectivity index (χ3v) is 3.10. The lowest BCUT2D eigenvalue weighted by Crippen LogP contribution is -2.23. The van der Waals surface area contributed by atoms with E-state index in [1.165, 1.54) is 12.7 Å². The Bertz CT molecular complexity index is 381. The van der Waals surface area contributed by atoms with Crippen LogP contribution in [-0.2, 0) is 9.63 Å². The minimum atomic E-state index is -0.0255. The molecule has 0 aromatic heterocycles. The third-order valence-electron chi connectivity index (χ3n) is 2.61. The van der Waals surface area contributed by atoms with Crippen LogP contribution in [0.5, 0.6) is 0 Å². The quantitative estimate of drug-likeness (QED) is 0.855. The summed E-state index contributed by atoms with van der Waals surface area (Å²) in [7, 11) is 1.45. The van der Waals surface area contributed by atoms with Crippen LogP contribution in [0.1, 0.15) is 17.9 Å². The van der Waals surface area contributed by atoms with E-state index in [-0.39, 0.29) is 11.8 Å². The second-order valence-electron chi connectivity index (χ2n) is 3.67. The average molecular weight is 270 g/mol. The number of carbonyl (C=O) groups excluding carboxylic acids is 1. The highest BCUT2D eigenvalue weighted by Gasteiger charge is 2.44. The van der Waals surface area contributed by atoms with Crippen molar-refractivity contribution in [3.63, 3.8) is 0 Å². The molecule has 0 heterocycles. The Hall–Kier alpha value is -0.870. The summed E-state index contributed by atoms with van der Waals surface area (Å²) in [4.78, 5) is 16.0. The smallest absolute Gasteiger partial charge is 0.247 e. The molecule has 1 N–H and O–H groups in total. The van der Waals surface area contributed by atoms with Crippen molar-refractivity contribution in [2.45, 2.75) is 12.3 Å². The van der Waals surface area contributed by atoms with Gasteiger partial charge in [-0.25, -0.2) is 5.48 Å². The summed E-state index contributed by atoms with van der Waals surface area (Å²) in [5, 5.41) is 0. The van der Waals surface area contributed by atoms with Crippen molar-refractivity contribution in [1.82, 2.24) is 5.48 Å². The van der Waals surface area contributed by atoms with E-state index >= 15 is 0 Å². The molecule has 0 aliphatic heterocycles. The van der Waals surface area contributed by atoms with Gasteiger partial charge in [0.15, 0.2) is 0 Å². The van der Waals surface area contributed by atoms with Crippen molar-refractivity contribution in [3.05, 3.63) is 34.3 Å². The molecule has 4 heteroatoms. The third kappa shape index (κ3) is 2.38. The fourth-order valence-corrected chi connectivity index (χ4v) is 2.18. The maximum atomic E-state index is 11.4. The summed E-state index contributed by atoms with van der Waals surface area (Å²) in [5.41, 5.74) is 3.58. The first-order valence-corrected chi connectivity index (χ1v) is 5.60. The highest BCUT2D eigenvalue weighted by Crippen LogP contribution is 2.47. The first-order valence-electron chi connectivity index (χ1n) is 4.80. The zero-order chi connectivity index (χ0) is 10.8. The zero-order valence-corrected chi connectivity index (χ0v) is 9.95. The van der Waals surface area contributed by atoms with Gasteiger partial charge in [0.1, 0.15) is 0 Å². The van der Waals surface area contributed by atoms with Crippen LogP contribution >= 0.6 is 15.9 Å². The van der Waals surface area contributed by atoms with E-state index in [2.05, 4.69) is 38.4 Å². The van der Waals surface area contributed by atoms with Crippen LogP contribution < -0.4 is 5.48 Å². The van der Waals surface area contributed by atoms with Crippen molar-refractivity contribution >= 4 is 21.8 Å². The highest BCUT2D eigenvalue weighted by molar-refractivity contribution is 9.10. The Kier molecular flexibility index (Phi) is 3.07. The Morgan fingerprint density at radius 1 is 1.60 bits per heavy atom. The summed E-state index contributed by atoms with van der Waals surface area (Å²) in [6.45, 7) is 0. The fourth-order valence-electron chi connectivity index (χ4n) is 1.77. The molecule has 0 saturated heterocycles. The molecular formula is C11H12BrNO2. The number of halogens is 1. The molecule has 2 rings (SSSR count). The Morgan fingerprint density at radius 3 is 3.07 bits per heavy atom. The van der Waals surface area contributed by atoms with Gasteiger partial charge >= 0.3 is 0 Å². The second kappa shape index (κ2) is 4.33. The number of benzene rings is 1. The monoisotopic (exact) mass is 269 g/mol. The van der Waals surface area contributed by atoms with Crippen molar-refractivity contribution in [2.75, 3.05) is 7.11 Å². The molecule has 1 aromatic rings. The summed E-state index contributed by atoms with van der Waals surface area (Å²) in [6, 6.07) is 8.08. The predicted octanol–water partition coefficient (Wildman–Crippen LogP) is 2.23. The number of hydroxylamine groups is 1. The molecule has 2 unspecified atom stereocenters. The van der Waals surface area contributed by atoms with Gasteiger partial charge in [-0.3, -0.25) is 9.63 Å². The van der Waals surface area contributed by atoms with E-state index in [0.29, 0.717) is 5.92 Å². The minimum absolute atomic E-state index is 0.0255. The second-order valence-corrected chi connectivity index (χ2v) is 4.59. The van der Waals surface area contributed by atoms with E-state index in [1.54, 1.807) is 0 Å². The molecule has 80 valence electrons. The summed E-state index contributed by atoms with van der Waals surface area (Å²) < 4.78 is 1.05.